The van der Waals surface area contributed by atoms with Crippen LogP contribution in [-0.2, 0) is 6.54 Å². The normalized spacial score (nSPS) is 11.4. The Morgan fingerprint density at radius 3 is 2.59 bits per heavy atom. The van der Waals surface area contributed by atoms with E-state index in [0.717, 1.165) is 31.6 Å². The number of H-pyrrole nitrogens is 1. The Morgan fingerprint density at radius 2 is 1.96 bits per heavy atom. The van der Waals surface area contributed by atoms with Crippen LogP contribution in [0.3, 0.4) is 0 Å². The second kappa shape index (κ2) is 10.4. The van der Waals surface area contributed by atoms with Gasteiger partial charge >= 0.3 is 6.61 Å². The van der Waals surface area contributed by atoms with Crippen molar-refractivity contribution in [3.05, 3.63) is 23.0 Å². The number of nitrogens with zero attached hydrogens (tertiary/aromatic N) is 3. The molecule has 6 nitrogen and oxygen atoms in total. The predicted octanol–water partition coefficient (Wildman–Crippen LogP) is 4.34. The molecule has 0 spiro atoms. The van der Waals surface area contributed by atoms with Gasteiger partial charge in [-0.25, -0.2) is 0 Å². The number of ether oxygens (including phenoxy) is 2. The molecule has 0 bridgehead atoms. The molecular weight excluding hydrogens is 374 g/mol. The summed E-state index contributed by atoms with van der Waals surface area (Å²) in [6, 6.07) is 4.78. The van der Waals surface area contributed by atoms with E-state index >= 15 is 0 Å². The number of hydrogen-bond acceptors (Lipinski definition) is 5. The Morgan fingerprint density at radius 1 is 1.22 bits per heavy atom. The second-order valence-electron chi connectivity index (χ2n) is 5.86. The number of aromatic amines is 1. The van der Waals surface area contributed by atoms with E-state index in [-0.39, 0.29) is 11.5 Å². The lowest BCUT2D eigenvalue weighted by atomic mass is 10.2. The Bertz CT molecular complexity index is 775. The summed E-state index contributed by atoms with van der Waals surface area (Å²) in [5.41, 5.74) is 0.718. The molecule has 0 fully saturated rings. The summed E-state index contributed by atoms with van der Waals surface area (Å²) in [5, 5.41) is 7.11. The first-order valence-electron chi connectivity index (χ1n) is 9.09. The van der Waals surface area contributed by atoms with Crippen molar-refractivity contribution in [3.8, 4) is 22.9 Å². The minimum atomic E-state index is -2.91. The van der Waals surface area contributed by atoms with Gasteiger partial charge in [-0.2, -0.15) is 13.9 Å². The molecule has 0 unspecified atom stereocenters. The third-order valence-electron chi connectivity index (χ3n) is 4.23. The number of nitrogens with one attached hydrogen (secondary N) is 1. The van der Waals surface area contributed by atoms with Crippen molar-refractivity contribution in [1.82, 2.24) is 19.7 Å². The van der Waals surface area contributed by atoms with Crippen molar-refractivity contribution in [2.24, 2.45) is 0 Å². The van der Waals surface area contributed by atoms with E-state index in [1.807, 2.05) is 4.57 Å². The quantitative estimate of drug-likeness (QED) is 0.569. The molecule has 1 aromatic heterocycles. The van der Waals surface area contributed by atoms with Crippen LogP contribution in [0.5, 0.6) is 11.5 Å². The standard InChI is InChI=1S/C18H26F2N4O2S/c1-4-23(5-2)10-7-11-24-16(21-22-18(24)27)13-8-9-14(26-17(19)20)15(12-13)25-6-3/h8-9,12,17H,4-7,10-11H2,1-3H3,(H,22,27). The summed E-state index contributed by atoms with van der Waals surface area (Å²) < 4.78 is 37.6. The van der Waals surface area contributed by atoms with Gasteiger partial charge in [0.05, 0.1) is 6.61 Å². The van der Waals surface area contributed by atoms with Crippen LogP contribution in [0.1, 0.15) is 27.2 Å². The number of hydrogen-bond donors (Lipinski definition) is 1. The van der Waals surface area contributed by atoms with Crippen molar-refractivity contribution in [3.63, 3.8) is 0 Å². The zero-order valence-electron chi connectivity index (χ0n) is 15.9. The van der Waals surface area contributed by atoms with Crippen molar-refractivity contribution in [2.45, 2.75) is 40.3 Å². The zero-order chi connectivity index (χ0) is 19.8. The molecule has 0 radical (unpaired) electrons. The number of rotatable bonds is 11. The molecule has 2 aromatic rings. The first-order valence-corrected chi connectivity index (χ1v) is 9.50. The first kappa shape index (κ1) is 21.3. The monoisotopic (exact) mass is 400 g/mol. The van der Waals surface area contributed by atoms with Gasteiger partial charge in [-0.1, -0.05) is 13.8 Å². The second-order valence-corrected chi connectivity index (χ2v) is 6.24. The highest BCUT2D eigenvalue weighted by Gasteiger charge is 2.15. The van der Waals surface area contributed by atoms with Crippen molar-refractivity contribution in [2.75, 3.05) is 26.2 Å². The van der Waals surface area contributed by atoms with Gasteiger partial charge in [-0.3, -0.25) is 5.10 Å². The summed E-state index contributed by atoms with van der Waals surface area (Å²) in [5.74, 6) is 0.890. The van der Waals surface area contributed by atoms with Gasteiger partial charge in [0, 0.05) is 12.1 Å². The van der Waals surface area contributed by atoms with Gasteiger partial charge in [-0.15, -0.1) is 0 Å². The highest BCUT2D eigenvalue weighted by Crippen LogP contribution is 2.33. The number of halogens is 2. The van der Waals surface area contributed by atoms with Crippen LogP contribution in [0.4, 0.5) is 8.78 Å². The van der Waals surface area contributed by atoms with Gasteiger partial charge in [-0.05, 0) is 63.4 Å². The SMILES string of the molecule is CCOc1cc(-c2n[nH]c(=S)n2CCCN(CC)CC)ccc1OC(F)F. The predicted molar refractivity (Wildman–Crippen MR) is 103 cm³/mol. The molecule has 0 saturated heterocycles. The number of alkyl halides is 2. The van der Waals surface area contributed by atoms with Crippen LogP contribution in [0.15, 0.2) is 18.2 Å². The van der Waals surface area contributed by atoms with Crippen molar-refractivity contribution < 1.29 is 18.3 Å². The molecule has 0 saturated carbocycles. The van der Waals surface area contributed by atoms with E-state index in [0.29, 0.717) is 23.7 Å². The lowest BCUT2D eigenvalue weighted by Crippen LogP contribution is -2.25. The molecule has 1 N–H and O–H groups in total. The van der Waals surface area contributed by atoms with Gasteiger partial charge in [0.15, 0.2) is 22.1 Å². The molecule has 150 valence electrons. The van der Waals surface area contributed by atoms with Crippen LogP contribution in [0, 0.1) is 4.77 Å². The molecule has 0 atom stereocenters. The van der Waals surface area contributed by atoms with Crippen LogP contribution >= 0.6 is 12.2 Å². The summed E-state index contributed by atoms with van der Waals surface area (Å²) in [4.78, 5) is 2.34. The fourth-order valence-electron chi connectivity index (χ4n) is 2.85. The summed E-state index contributed by atoms with van der Waals surface area (Å²) in [6.07, 6.45) is 0.924. The largest absolute Gasteiger partial charge is 0.490 e. The molecule has 1 aromatic carbocycles. The molecule has 0 aliphatic rings. The maximum atomic E-state index is 12.6. The summed E-state index contributed by atoms with van der Waals surface area (Å²) in [7, 11) is 0. The van der Waals surface area contributed by atoms with Crippen molar-refractivity contribution in [1.29, 1.82) is 0 Å². The third kappa shape index (κ3) is 5.74. The fourth-order valence-corrected chi connectivity index (χ4v) is 3.07. The van der Waals surface area contributed by atoms with Crippen molar-refractivity contribution >= 4 is 12.2 Å². The topological polar surface area (TPSA) is 55.3 Å². The molecular formula is C18H26F2N4O2S. The van der Waals surface area contributed by atoms with E-state index in [1.54, 1.807) is 19.1 Å². The molecule has 0 aliphatic heterocycles. The minimum Gasteiger partial charge on any atom is -0.490 e. The van der Waals surface area contributed by atoms with Gasteiger partial charge in [0.25, 0.3) is 0 Å². The van der Waals surface area contributed by atoms with Gasteiger partial charge < -0.3 is 18.9 Å². The lowest BCUT2D eigenvalue weighted by Gasteiger charge is -2.18. The van der Waals surface area contributed by atoms with Crippen LogP contribution in [0.25, 0.3) is 11.4 Å². The molecule has 2 rings (SSSR count). The molecule has 0 amide bonds. The number of aromatic nitrogens is 3. The van der Waals surface area contributed by atoms with Crippen LogP contribution < -0.4 is 9.47 Å². The Hall–Kier alpha value is -2.00. The molecule has 1 heterocycles. The lowest BCUT2D eigenvalue weighted by molar-refractivity contribution is -0.0514. The molecule has 9 heteroatoms. The molecule has 27 heavy (non-hydrogen) atoms. The van der Waals surface area contributed by atoms with Crippen LogP contribution in [0.2, 0.25) is 0 Å². The smallest absolute Gasteiger partial charge is 0.387 e. The van der Waals surface area contributed by atoms with E-state index in [9.17, 15) is 8.78 Å². The van der Waals surface area contributed by atoms with E-state index in [1.165, 1.54) is 6.07 Å². The van der Waals surface area contributed by atoms with E-state index in [4.69, 9.17) is 17.0 Å². The van der Waals surface area contributed by atoms with E-state index in [2.05, 4.69) is 33.7 Å². The maximum Gasteiger partial charge on any atom is 0.387 e. The van der Waals surface area contributed by atoms with Gasteiger partial charge in [0.1, 0.15) is 0 Å². The Balaban J connectivity index is 2.25. The summed E-state index contributed by atoms with van der Waals surface area (Å²) >= 11 is 5.35. The minimum absolute atomic E-state index is 0.00202. The van der Waals surface area contributed by atoms with Crippen LogP contribution in [-0.4, -0.2) is 52.5 Å². The Labute approximate surface area is 163 Å². The maximum absolute atomic E-state index is 12.6. The number of benzene rings is 1. The average molecular weight is 400 g/mol. The first-order chi connectivity index (χ1) is 13.0. The fraction of sp³-hybridized carbons (Fsp3) is 0.556. The van der Waals surface area contributed by atoms with E-state index < -0.39 is 6.61 Å². The van der Waals surface area contributed by atoms with Gasteiger partial charge in [0.2, 0.25) is 0 Å². The highest BCUT2D eigenvalue weighted by molar-refractivity contribution is 7.71. The summed E-state index contributed by atoms with van der Waals surface area (Å²) in [6.45, 7) is 7.15. The molecule has 0 aliphatic carbocycles. The Kier molecular flexibility index (Phi) is 8.18. The zero-order valence-corrected chi connectivity index (χ0v) is 16.7. The highest BCUT2D eigenvalue weighted by atomic mass is 32.1. The average Bonchev–Trinajstić information content (AvgIpc) is 3.01. The third-order valence-corrected chi connectivity index (χ3v) is 4.54.